The standard InChI is InChI=1S/C18H28N2O4S/c1-3-6-18(21)19-11-5-12-20(14-13-19)25(22,23)17-9-7-16(8-10-17)24-15-4-2/h7-10H,3-6,11-15H2,1-2H3. The van der Waals surface area contributed by atoms with Gasteiger partial charge >= 0.3 is 0 Å². The summed E-state index contributed by atoms with van der Waals surface area (Å²) in [4.78, 5) is 14.1. The lowest BCUT2D eigenvalue weighted by Crippen LogP contribution is -2.37. The molecular weight excluding hydrogens is 340 g/mol. The second-order valence-electron chi connectivity index (χ2n) is 6.21. The van der Waals surface area contributed by atoms with Gasteiger partial charge in [-0.15, -0.1) is 0 Å². The maximum atomic E-state index is 12.8. The molecule has 1 aromatic carbocycles. The van der Waals surface area contributed by atoms with Crippen LogP contribution in [0.2, 0.25) is 0 Å². The highest BCUT2D eigenvalue weighted by Gasteiger charge is 2.28. The molecule has 6 nitrogen and oxygen atoms in total. The van der Waals surface area contributed by atoms with Crippen LogP contribution in [0.5, 0.6) is 5.75 Å². The summed E-state index contributed by atoms with van der Waals surface area (Å²) >= 11 is 0. The van der Waals surface area contributed by atoms with Gasteiger partial charge in [0.05, 0.1) is 11.5 Å². The molecule has 1 fully saturated rings. The van der Waals surface area contributed by atoms with Crippen LogP contribution in [-0.4, -0.2) is 56.3 Å². The van der Waals surface area contributed by atoms with Gasteiger partial charge in [0, 0.05) is 32.6 Å². The highest BCUT2D eigenvalue weighted by Crippen LogP contribution is 2.21. The summed E-state index contributed by atoms with van der Waals surface area (Å²) in [5, 5.41) is 0. The molecule has 0 unspecified atom stereocenters. The fourth-order valence-corrected chi connectivity index (χ4v) is 4.30. The van der Waals surface area contributed by atoms with Crippen molar-refractivity contribution in [3.63, 3.8) is 0 Å². The first-order valence-corrected chi connectivity index (χ1v) is 10.4. The monoisotopic (exact) mass is 368 g/mol. The Morgan fingerprint density at radius 1 is 1.04 bits per heavy atom. The van der Waals surface area contributed by atoms with Gasteiger partial charge in [0.2, 0.25) is 15.9 Å². The van der Waals surface area contributed by atoms with Crippen molar-refractivity contribution in [1.82, 2.24) is 9.21 Å². The van der Waals surface area contributed by atoms with Gasteiger partial charge in [0.15, 0.2) is 0 Å². The van der Waals surface area contributed by atoms with Gasteiger partial charge in [-0.3, -0.25) is 4.79 Å². The first kappa shape index (κ1) is 19.7. The molecule has 1 amide bonds. The average Bonchev–Trinajstić information content (AvgIpc) is 2.87. The molecule has 0 N–H and O–H groups in total. The molecule has 0 saturated carbocycles. The van der Waals surface area contributed by atoms with E-state index in [-0.39, 0.29) is 10.8 Å². The Kier molecular flexibility index (Phi) is 7.25. The van der Waals surface area contributed by atoms with Gasteiger partial charge in [0.25, 0.3) is 0 Å². The van der Waals surface area contributed by atoms with Crippen molar-refractivity contribution in [2.24, 2.45) is 0 Å². The zero-order valence-corrected chi connectivity index (χ0v) is 15.9. The maximum Gasteiger partial charge on any atom is 0.243 e. The number of benzene rings is 1. The molecule has 0 atom stereocenters. The van der Waals surface area contributed by atoms with Crippen LogP contribution in [0.4, 0.5) is 0 Å². The van der Waals surface area contributed by atoms with Crippen LogP contribution in [0.1, 0.15) is 39.5 Å². The fraction of sp³-hybridized carbons (Fsp3) is 0.611. The van der Waals surface area contributed by atoms with E-state index in [1.54, 1.807) is 29.2 Å². The minimum atomic E-state index is -3.54. The van der Waals surface area contributed by atoms with E-state index in [4.69, 9.17) is 4.74 Å². The molecule has 140 valence electrons. The van der Waals surface area contributed by atoms with Crippen molar-refractivity contribution in [2.75, 3.05) is 32.8 Å². The highest BCUT2D eigenvalue weighted by molar-refractivity contribution is 7.89. The second kappa shape index (κ2) is 9.20. The SMILES string of the molecule is CCCOc1ccc(S(=O)(=O)N2CCCN(C(=O)CCC)CC2)cc1. The molecule has 1 heterocycles. The topological polar surface area (TPSA) is 66.9 Å². The minimum absolute atomic E-state index is 0.110. The van der Waals surface area contributed by atoms with E-state index in [0.29, 0.717) is 51.4 Å². The van der Waals surface area contributed by atoms with Crippen LogP contribution in [0.3, 0.4) is 0 Å². The van der Waals surface area contributed by atoms with E-state index in [1.807, 2.05) is 13.8 Å². The summed E-state index contributed by atoms with van der Waals surface area (Å²) in [6.45, 7) is 6.45. The molecule has 0 aromatic heterocycles. The molecule has 1 aliphatic heterocycles. The zero-order valence-electron chi connectivity index (χ0n) is 15.1. The van der Waals surface area contributed by atoms with Crippen molar-refractivity contribution in [2.45, 2.75) is 44.4 Å². The number of rotatable bonds is 7. The number of hydrogen-bond donors (Lipinski definition) is 0. The number of sulfonamides is 1. The second-order valence-corrected chi connectivity index (χ2v) is 8.15. The Labute approximate surface area is 150 Å². The van der Waals surface area contributed by atoms with Crippen LogP contribution in [0.25, 0.3) is 0 Å². The third-order valence-corrected chi connectivity index (χ3v) is 6.12. The molecular formula is C18H28N2O4S. The zero-order chi connectivity index (χ0) is 18.3. The number of hydrogen-bond acceptors (Lipinski definition) is 4. The molecule has 25 heavy (non-hydrogen) atoms. The predicted molar refractivity (Wildman–Crippen MR) is 97.1 cm³/mol. The molecule has 1 aliphatic rings. The van der Waals surface area contributed by atoms with E-state index >= 15 is 0 Å². The van der Waals surface area contributed by atoms with Crippen LogP contribution >= 0.6 is 0 Å². The minimum Gasteiger partial charge on any atom is -0.494 e. The Balaban J connectivity index is 2.05. The molecule has 0 spiro atoms. The Morgan fingerprint density at radius 2 is 1.76 bits per heavy atom. The summed E-state index contributed by atoms with van der Waals surface area (Å²) in [5.74, 6) is 0.784. The lowest BCUT2D eigenvalue weighted by Gasteiger charge is -2.22. The van der Waals surface area contributed by atoms with Crippen LogP contribution in [-0.2, 0) is 14.8 Å². The van der Waals surface area contributed by atoms with Crippen LogP contribution < -0.4 is 4.74 Å². The van der Waals surface area contributed by atoms with E-state index in [9.17, 15) is 13.2 Å². The Morgan fingerprint density at radius 3 is 2.40 bits per heavy atom. The summed E-state index contributed by atoms with van der Waals surface area (Å²) < 4.78 is 32.7. The van der Waals surface area contributed by atoms with Crippen molar-refractivity contribution in [3.8, 4) is 5.75 Å². The van der Waals surface area contributed by atoms with Gasteiger partial charge in [-0.1, -0.05) is 13.8 Å². The molecule has 7 heteroatoms. The van der Waals surface area contributed by atoms with E-state index in [0.717, 1.165) is 12.8 Å². The third kappa shape index (κ3) is 5.19. The number of ether oxygens (including phenoxy) is 1. The number of amides is 1. The summed E-state index contributed by atoms with van der Waals surface area (Å²) in [7, 11) is -3.54. The maximum absolute atomic E-state index is 12.8. The van der Waals surface area contributed by atoms with Gasteiger partial charge in [-0.2, -0.15) is 4.31 Å². The van der Waals surface area contributed by atoms with E-state index < -0.39 is 10.0 Å². The van der Waals surface area contributed by atoms with Crippen LogP contribution in [0, 0.1) is 0 Å². The van der Waals surface area contributed by atoms with Crippen molar-refractivity contribution >= 4 is 15.9 Å². The fourth-order valence-electron chi connectivity index (χ4n) is 2.83. The lowest BCUT2D eigenvalue weighted by atomic mass is 10.3. The molecule has 1 saturated heterocycles. The van der Waals surface area contributed by atoms with Crippen LogP contribution in [0.15, 0.2) is 29.2 Å². The number of carbonyl (C=O) groups excluding carboxylic acids is 1. The van der Waals surface area contributed by atoms with E-state index in [1.165, 1.54) is 4.31 Å². The average molecular weight is 368 g/mol. The summed E-state index contributed by atoms with van der Waals surface area (Å²) in [6.07, 6.45) is 2.89. The van der Waals surface area contributed by atoms with E-state index in [2.05, 4.69) is 0 Å². The van der Waals surface area contributed by atoms with Crippen molar-refractivity contribution in [3.05, 3.63) is 24.3 Å². The quantitative estimate of drug-likeness (QED) is 0.742. The Bertz CT molecular complexity index is 658. The summed E-state index contributed by atoms with van der Waals surface area (Å²) in [6, 6.07) is 6.56. The molecule has 0 radical (unpaired) electrons. The number of carbonyl (C=O) groups is 1. The van der Waals surface area contributed by atoms with Gasteiger partial charge < -0.3 is 9.64 Å². The molecule has 2 rings (SSSR count). The first-order chi connectivity index (χ1) is 12.0. The normalized spacial score (nSPS) is 16.5. The number of nitrogens with zero attached hydrogens (tertiary/aromatic N) is 2. The molecule has 1 aromatic rings. The van der Waals surface area contributed by atoms with Crippen molar-refractivity contribution in [1.29, 1.82) is 0 Å². The molecule has 0 bridgehead atoms. The van der Waals surface area contributed by atoms with Gasteiger partial charge in [-0.25, -0.2) is 8.42 Å². The third-order valence-electron chi connectivity index (χ3n) is 4.21. The summed E-state index contributed by atoms with van der Waals surface area (Å²) in [5.41, 5.74) is 0. The molecule has 0 aliphatic carbocycles. The van der Waals surface area contributed by atoms with Gasteiger partial charge in [0.1, 0.15) is 5.75 Å². The largest absolute Gasteiger partial charge is 0.494 e. The Hall–Kier alpha value is -1.60. The smallest absolute Gasteiger partial charge is 0.243 e. The predicted octanol–water partition coefficient (Wildman–Crippen LogP) is 2.50. The lowest BCUT2D eigenvalue weighted by molar-refractivity contribution is -0.131. The highest BCUT2D eigenvalue weighted by atomic mass is 32.2. The first-order valence-electron chi connectivity index (χ1n) is 8.99. The van der Waals surface area contributed by atoms with Gasteiger partial charge in [-0.05, 0) is 43.5 Å². The van der Waals surface area contributed by atoms with Crippen molar-refractivity contribution < 1.29 is 17.9 Å².